The summed E-state index contributed by atoms with van der Waals surface area (Å²) in [5, 5.41) is 0.398. The van der Waals surface area contributed by atoms with Crippen molar-refractivity contribution in [2.45, 2.75) is 18.1 Å². The molecule has 0 aliphatic carbocycles. The average Bonchev–Trinajstić information content (AvgIpc) is 2.25. The zero-order chi connectivity index (χ0) is 10.4. The average molecular weight is 220 g/mol. The predicted octanol–water partition coefficient (Wildman–Crippen LogP) is 0.639. The summed E-state index contributed by atoms with van der Waals surface area (Å²) in [6.07, 6.45) is 2.09. The number of hydrogen-bond acceptors (Lipinski definition) is 3. The molecule has 0 spiro atoms. The van der Waals surface area contributed by atoms with E-state index in [-0.39, 0.29) is 19.1 Å². The Morgan fingerprint density at radius 3 is 3.07 bits per heavy atom. The van der Waals surface area contributed by atoms with Crippen molar-refractivity contribution >= 4 is 17.7 Å². The Morgan fingerprint density at radius 1 is 1.64 bits per heavy atom. The van der Waals surface area contributed by atoms with E-state index in [1.54, 1.807) is 16.7 Å². The number of piperidine rings is 1. The summed E-state index contributed by atoms with van der Waals surface area (Å²) in [7, 11) is 0. The van der Waals surface area contributed by atoms with Gasteiger partial charge in [0, 0.05) is 24.1 Å². The maximum atomic E-state index is 11.9. The van der Waals surface area contributed by atoms with Crippen LogP contribution in [-0.4, -0.2) is 48.1 Å². The number of alkyl halides is 1. The third kappa shape index (κ3) is 3.46. The highest BCUT2D eigenvalue weighted by molar-refractivity contribution is 7.99. The smallest absolute Gasteiger partial charge is 0.236 e. The molecule has 14 heavy (non-hydrogen) atoms. The summed E-state index contributed by atoms with van der Waals surface area (Å²) < 4.78 is 11.9. The first-order valence-corrected chi connectivity index (χ1v) is 5.98. The van der Waals surface area contributed by atoms with E-state index < -0.39 is 0 Å². The zero-order valence-electron chi connectivity index (χ0n) is 8.25. The normalized spacial score (nSPS) is 22.4. The van der Waals surface area contributed by atoms with Crippen molar-refractivity contribution in [1.82, 2.24) is 4.90 Å². The first kappa shape index (κ1) is 11.8. The van der Waals surface area contributed by atoms with Crippen LogP contribution in [0, 0.1) is 0 Å². The molecule has 0 aromatic rings. The van der Waals surface area contributed by atoms with Crippen LogP contribution in [0.4, 0.5) is 4.39 Å². The lowest BCUT2D eigenvalue weighted by molar-refractivity contribution is -0.130. The summed E-state index contributed by atoms with van der Waals surface area (Å²) in [4.78, 5) is 13.1. The van der Waals surface area contributed by atoms with Crippen LogP contribution in [0.25, 0.3) is 0 Å². The Balaban J connectivity index is 2.31. The minimum Gasteiger partial charge on any atom is -0.340 e. The maximum absolute atomic E-state index is 11.9. The molecule has 0 saturated carbocycles. The van der Waals surface area contributed by atoms with Gasteiger partial charge in [-0.3, -0.25) is 9.18 Å². The minimum atomic E-state index is -0.286. The van der Waals surface area contributed by atoms with Crippen LogP contribution >= 0.6 is 11.8 Å². The van der Waals surface area contributed by atoms with Crippen LogP contribution in [0.5, 0.6) is 0 Å². The number of nitrogens with two attached hydrogens (primary N) is 1. The Bertz CT molecular complexity index is 192. The van der Waals surface area contributed by atoms with E-state index in [0.29, 0.717) is 11.0 Å². The van der Waals surface area contributed by atoms with Crippen LogP contribution in [0.2, 0.25) is 0 Å². The van der Waals surface area contributed by atoms with E-state index >= 15 is 0 Å². The molecule has 1 unspecified atom stereocenters. The van der Waals surface area contributed by atoms with Crippen molar-refractivity contribution in [2.24, 2.45) is 5.73 Å². The predicted molar refractivity (Wildman–Crippen MR) is 57.1 cm³/mol. The van der Waals surface area contributed by atoms with Gasteiger partial charge in [0.1, 0.15) is 0 Å². The second kappa shape index (κ2) is 6.24. The van der Waals surface area contributed by atoms with Gasteiger partial charge in [0.25, 0.3) is 0 Å². The van der Waals surface area contributed by atoms with Gasteiger partial charge in [-0.15, -0.1) is 0 Å². The molecule has 1 atom stereocenters. The number of thioether (sulfide) groups is 1. The number of carbonyl (C=O) groups is 1. The van der Waals surface area contributed by atoms with Gasteiger partial charge in [0.15, 0.2) is 0 Å². The molecule has 1 aliphatic rings. The summed E-state index contributed by atoms with van der Waals surface area (Å²) in [6.45, 7) is 1.34. The molecule has 0 radical (unpaired) electrons. The Hall–Kier alpha value is -0.290. The van der Waals surface area contributed by atoms with Crippen LogP contribution in [-0.2, 0) is 4.79 Å². The number of carbonyl (C=O) groups excluding carboxylic acids is 1. The fourth-order valence-corrected chi connectivity index (χ4v) is 2.68. The topological polar surface area (TPSA) is 46.3 Å². The van der Waals surface area contributed by atoms with Gasteiger partial charge in [-0.2, -0.15) is 11.8 Å². The van der Waals surface area contributed by atoms with Crippen molar-refractivity contribution in [3.8, 4) is 0 Å². The van der Waals surface area contributed by atoms with Crippen LogP contribution in [0.1, 0.15) is 12.8 Å². The van der Waals surface area contributed by atoms with Gasteiger partial charge in [-0.05, 0) is 12.8 Å². The first-order chi connectivity index (χ1) is 6.77. The number of likely N-dealkylation sites (tertiary alicyclic amines) is 1. The highest BCUT2D eigenvalue weighted by Gasteiger charge is 2.22. The number of halogens is 1. The molecule has 0 bridgehead atoms. The minimum absolute atomic E-state index is 0.00977. The van der Waals surface area contributed by atoms with Crippen molar-refractivity contribution in [3.05, 3.63) is 0 Å². The molecule has 0 aromatic carbocycles. The molecule has 1 heterocycles. The second-order valence-corrected chi connectivity index (χ2v) is 4.78. The Kier molecular flexibility index (Phi) is 5.25. The third-order valence-corrected chi connectivity index (χ3v) is 3.58. The van der Waals surface area contributed by atoms with Crippen LogP contribution in [0.15, 0.2) is 0 Å². The Labute approximate surface area is 88.2 Å². The van der Waals surface area contributed by atoms with Gasteiger partial charge >= 0.3 is 0 Å². The third-order valence-electron chi connectivity index (χ3n) is 2.34. The number of rotatable bonds is 4. The lowest BCUT2D eigenvalue weighted by atomic mass is 10.1. The lowest BCUT2D eigenvalue weighted by Crippen LogP contribution is -2.44. The molecule has 5 heteroatoms. The number of amides is 1. The molecule has 1 rings (SSSR count). The quantitative estimate of drug-likeness (QED) is 0.756. The van der Waals surface area contributed by atoms with Crippen molar-refractivity contribution < 1.29 is 9.18 Å². The zero-order valence-corrected chi connectivity index (χ0v) is 9.06. The number of nitrogens with zero attached hydrogens (tertiary/aromatic N) is 1. The first-order valence-electron chi connectivity index (χ1n) is 4.93. The van der Waals surface area contributed by atoms with Crippen LogP contribution in [0.3, 0.4) is 0 Å². The molecule has 0 aromatic heterocycles. The second-order valence-electron chi connectivity index (χ2n) is 3.37. The van der Waals surface area contributed by atoms with Crippen molar-refractivity contribution in [1.29, 1.82) is 0 Å². The molecule has 2 N–H and O–H groups in total. The monoisotopic (exact) mass is 220 g/mol. The van der Waals surface area contributed by atoms with E-state index in [4.69, 9.17) is 5.73 Å². The fourth-order valence-electron chi connectivity index (χ4n) is 1.64. The standard InChI is InChI=1S/C9H17FN2OS/c10-3-5-14-8-2-1-4-12(7-8)9(13)6-11/h8H,1-7,11H2. The molecule has 1 aliphatic heterocycles. The highest BCUT2D eigenvalue weighted by atomic mass is 32.2. The maximum Gasteiger partial charge on any atom is 0.236 e. The van der Waals surface area contributed by atoms with E-state index in [1.165, 1.54) is 0 Å². The molecule has 82 valence electrons. The van der Waals surface area contributed by atoms with Gasteiger partial charge in [-0.1, -0.05) is 0 Å². The highest BCUT2D eigenvalue weighted by Crippen LogP contribution is 2.22. The van der Waals surface area contributed by atoms with Crippen molar-refractivity contribution in [3.63, 3.8) is 0 Å². The lowest BCUT2D eigenvalue weighted by Gasteiger charge is -2.32. The summed E-state index contributed by atoms with van der Waals surface area (Å²) in [6, 6.07) is 0. The van der Waals surface area contributed by atoms with E-state index in [1.807, 2.05) is 0 Å². The van der Waals surface area contributed by atoms with Gasteiger partial charge in [-0.25, -0.2) is 0 Å². The van der Waals surface area contributed by atoms with Crippen LogP contribution < -0.4 is 5.73 Å². The molecular formula is C9H17FN2OS. The largest absolute Gasteiger partial charge is 0.340 e. The molecular weight excluding hydrogens is 203 g/mol. The van der Waals surface area contributed by atoms with Gasteiger partial charge in [0.05, 0.1) is 13.2 Å². The SMILES string of the molecule is NCC(=O)N1CCCC(SCCF)C1. The summed E-state index contributed by atoms with van der Waals surface area (Å²) in [5.74, 6) is 0.547. The summed E-state index contributed by atoms with van der Waals surface area (Å²) >= 11 is 1.62. The van der Waals surface area contributed by atoms with Crippen molar-refractivity contribution in [2.75, 3.05) is 32.1 Å². The molecule has 3 nitrogen and oxygen atoms in total. The Morgan fingerprint density at radius 2 is 2.43 bits per heavy atom. The molecule has 1 amide bonds. The summed E-state index contributed by atoms with van der Waals surface area (Å²) in [5.41, 5.74) is 5.29. The van der Waals surface area contributed by atoms with E-state index in [0.717, 1.165) is 25.9 Å². The molecule has 1 saturated heterocycles. The molecule has 1 fully saturated rings. The fraction of sp³-hybridized carbons (Fsp3) is 0.889. The van der Waals surface area contributed by atoms with E-state index in [9.17, 15) is 9.18 Å². The number of hydrogen-bond donors (Lipinski definition) is 1. The van der Waals surface area contributed by atoms with Gasteiger partial charge < -0.3 is 10.6 Å². The van der Waals surface area contributed by atoms with Gasteiger partial charge in [0.2, 0.25) is 5.91 Å². The van der Waals surface area contributed by atoms with E-state index in [2.05, 4.69) is 0 Å².